The Kier molecular flexibility index (Phi) is 6.13. The molecule has 0 radical (unpaired) electrons. The van der Waals surface area contributed by atoms with Gasteiger partial charge in [0.25, 0.3) is 0 Å². The minimum Gasteiger partial charge on any atom is -0.348 e. The van der Waals surface area contributed by atoms with Crippen molar-refractivity contribution in [2.45, 2.75) is 31.7 Å². The van der Waals surface area contributed by atoms with Crippen molar-refractivity contribution in [2.24, 2.45) is 0 Å². The second-order valence-corrected chi connectivity index (χ2v) is 5.83. The first-order chi connectivity index (χ1) is 10.1. The lowest BCUT2D eigenvalue weighted by Gasteiger charge is -2.32. The van der Waals surface area contributed by atoms with Gasteiger partial charge < -0.3 is 10.2 Å². The highest BCUT2D eigenvalue weighted by Crippen LogP contribution is 2.10. The third kappa shape index (κ3) is 5.43. The summed E-state index contributed by atoms with van der Waals surface area (Å²) in [5.41, 5.74) is 0. The van der Waals surface area contributed by atoms with Crippen LogP contribution >= 0.6 is 0 Å². The number of carbonyl (C=O) groups is 1. The van der Waals surface area contributed by atoms with E-state index in [0.717, 1.165) is 51.1 Å². The number of likely N-dealkylation sites (tertiary alicyclic amines) is 1. The van der Waals surface area contributed by atoms with Crippen LogP contribution in [0.1, 0.15) is 25.1 Å². The lowest BCUT2D eigenvalue weighted by atomic mass is 10.0. The van der Waals surface area contributed by atoms with Crippen molar-refractivity contribution >= 4 is 5.91 Å². The van der Waals surface area contributed by atoms with E-state index in [1.165, 1.54) is 0 Å². The fourth-order valence-corrected chi connectivity index (χ4v) is 2.54. The monoisotopic (exact) mass is 294 g/mol. The zero-order valence-electron chi connectivity index (χ0n) is 13.0. The molecule has 2 rings (SSSR count). The first-order valence-electron chi connectivity index (χ1n) is 7.65. The van der Waals surface area contributed by atoms with E-state index in [9.17, 15) is 4.79 Å². The number of hydrogen-bond donors (Lipinski definition) is 2. The lowest BCUT2D eigenvalue weighted by molar-refractivity contribution is -0.130. The molecule has 1 aliphatic heterocycles. The summed E-state index contributed by atoms with van der Waals surface area (Å²) in [5.74, 6) is 1.14. The molecule has 1 saturated heterocycles. The minimum atomic E-state index is 0.188. The summed E-state index contributed by atoms with van der Waals surface area (Å²) in [4.78, 5) is 19.7. The Morgan fingerprint density at radius 2 is 2.24 bits per heavy atom. The fraction of sp³-hybridized carbons (Fsp3) is 0.786. The Morgan fingerprint density at radius 3 is 2.86 bits per heavy atom. The van der Waals surface area contributed by atoms with Crippen molar-refractivity contribution in [3.63, 3.8) is 0 Å². The summed E-state index contributed by atoms with van der Waals surface area (Å²) < 4.78 is 0. The molecule has 1 aliphatic rings. The van der Waals surface area contributed by atoms with Gasteiger partial charge in [0.05, 0.1) is 6.54 Å². The number of rotatable bonds is 7. The van der Waals surface area contributed by atoms with E-state index in [2.05, 4.69) is 25.4 Å². The molecule has 0 unspecified atom stereocenters. The summed E-state index contributed by atoms with van der Waals surface area (Å²) in [5, 5.41) is 10.3. The van der Waals surface area contributed by atoms with Gasteiger partial charge in [-0.2, -0.15) is 5.10 Å². The highest BCUT2D eigenvalue weighted by Gasteiger charge is 2.20. The first kappa shape index (κ1) is 15.9. The van der Waals surface area contributed by atoms with Gasteiger partial charge in [-0.3, -0.25) is 14.8 Å². The van der Waals surface area contributed by atoms with Gasteiger partial charge in [-0.1, -0.05) is 0 Å². The van der Waals surface area contributed by atoms with Crippen molar-refractivity contribution < 1.29 is 4.79 Å². The van der Waals surface area contributed by atoms with Crippen LogP contribution in [0.25, 0.3) is 0 Å². The standard InChI is InChI=1S/C14H26N6O/c1-19(2)14(21)10-20-8-5-12(6-9-20)15-7-3-4-13-16-11-17-18-13/h11-12,15H,3-10H2,1-2H3,(H,16,17,18). The van der Waals surface area contributed by atoms with E-state index >= 15 is 0 Å². The van der Waals surface area contributed by atoms with Gasteiger partial charge in [0.1, 0.15) is 12.2 Å². The molecule has 118 valence electrons. The minimum absolute atomic E-state index is 0.188. The van der Waals surface area contributed by atoms with Crippen molar-refractivity contribution in [3.8, 4) is 0 Å². The van der Waals surface area contributed by atoms with Crippen LogP contribution < -0.4 is 5.32 Å². The number of aromatic amines is 1. The number of H-pyrrole nitrogens is 1. The smallest absolute Gasteiger partial charge is 0.236 e. The van der Waals surface area contributed by atoms with E-state index < -0.39 is 0 Å². The van der Waals surface area contributed by atoms with E-state index in [-0.39, 0.29) is 5.91 Å². The number of nitrogens with one attached hydrogen (secondary N) is 2. The Balaban J connectivity index is 1.55. The largest absolute Gasteiger partial charge is 0.348 e. The average molecular weight is 294 g/mol. The maximum atomic E-state index is 11.7. The summed E-state index contributed by atoms with van der Waals surface area (Å²) in [6.45, 7) is 3.55. The number of amides is 1. The van der Waals surface area contributed by atoms with E-state index in [1.54, 1.807) is 11.2 Å². The molecule has 2 heterocycles. The van der Waals surface area contributed by atoms with E-state index in [1.807, 2.05) is 14.1 Å². The highest BCUT2D eigenvalue weighted by molar-refractivity contribution is 5.77. The maximum Gasteiger partial charge on any atom is 0.236 e. The number of carbonyl (C=O) groups excluding carboxylic acids is 1. The SMILES string of the molecule is CN(C)C(=O)CN1CCC(NCCCc2ncn[nH]2)CC1. The number of piperidine rings is 1. The normalized spacial score (nSPS) is 17.0. The van der Waals surface area contributed by atoms with Gasteiger partial charge in [0, 0.05) is 39.6 Å². The second kappa shape index (κ2) is 8.09. The summed E-state index contributed by atoms with van der Waals surface area (Å²) in [6, 6.07) is 0.574. The third-order valence-corrected chi connectivity index (χ3v) is 3.93. The van der Waals surface area contributed by atoms with Crippen LogP contribution in [-0.4, -0.2) is 77.2 Å². The van der Waals surface area contributed by atoms with Crippen molar-refractivity contribution in [1.82, 2.24) is 30.3 Å². The quantitative estimate of drug-likeness (QED) is 0.686. The van der Waals surface area contributed by atoms with Crippen molar-refractivity contribution in [2.75, 3.05) is 40.3 Å². The molecule has 0 spiro atoms. The van der Waals surface area contributed by atoms with Crippen LogP contribution in [0, 0.1) is 0 Å². The number of nitrogens with zero attached hydrogens (tertiary/aromatic N) is 4. The van der Waals surface area contributed by atoms with Crippen LogP contribution in [0.3, 0.4) is 0 Å². The molecule has 0 atom stereocenters. The van der Waals surface area contributed by atoms with Crippen LogP contribution in [0.5, 0.6) is 0 Å². The molecule has 21 heavy (non-hydrogen) atoms. The van der Waals surface area contributed by atoms with Crippen LogP contribution in [0.15, 0.2) is 6.33 Å². The molecular weight excluding hydrogens is 268 g/mol. The Morgan fingerprint density at radius 1 is 1.48 bits per heavy atom. The molecule has 1 fully saturated rings. The first-order valence-corrected chi connectivity index (χ1v) is 7.65. The molecule has 1 aromatic heterocycles. The maximum absolute atomic E-state index is 11.7. The van der Waals surface area contributed by atoms with Gasteiger partial charge >= 0.3 is 0 Å². The van der Waals surface area contributed by atoms with Gasteiger partial charge in [0.15, 0.2) is 0 Å². The zero-order valence-corrected chi connectivity index (χ0v) is 13.0. The molecule has 7 heteroatoms. The number of aromatic nitrogens is 3. The molecule has 7 nitrogen and oxygen atoms in total. The Hall–Kier alpha value is -1.47. The van der Waals surface area contributed by atoms with Crippen LogP contribution in [-0.2, 0) is 11.2 Å². The van der Waals surface area contributed by atoms with Crippen LogP contribution in [0.4, 0.5) is 0 Å². The molecule has 2 N–H and O–H groups in total. The molecule has 0 aromatic carbocycles. The average Bonchev–Trinajstić information content (AvgIpc) is 2.98. The number of likely N-dealkylation sites (N-methyl/N-ethyl adjacent to an activating group) is 1. The van der Waals surface area contributed by atoms with Gasteiger partial charge in [-0.15, -0.1) is 0 Å². The molecule has 1 aromatic rings. The summed E-state index contributed by atoms with van der Waals surface area (Å²) in [7, 11) is 3.62. The highest BCUT2D eigenvalue weighted by atomic mass is 16.2. The van der Waals surface area contributed by atoms with Crippen LogP contribution in [0.2, 0.25) is 0 Å². The van der Waals surface area contributed by atoms with Gasteiger partial charge in [0.2, 0.25) is 5.91 Å². The molecule has 0 aliphatic carbocycles. The molecule has 0 saturated carbocycles. The predicted molar refractivity (Wildman–Crippen MR) is 80.9 cm³/mol. The zero-order chi connectivity index (χ0) is 15.1. The second-order valence-electron chi connectivity index (χ2n) is 5.83. The lowest BCUT2D eigenvalue weighted by Crippen LogP contribution is -2.46. The van der Waals surface area contributed by atoms with Gasteiger partial charge in [-0.25, -0.2) is 4.98 Å². The molecule has 0 bridgehead atoms. The van der Waals surface area contributed by atoms with Gasteiger partial charge in [-0.05, 0) is 25.8 Å². The predicted octanol–water partition coefficient (Wildman–Crippen LogP) is -0.120. The molecular formula is C14H26N6O. The van der Waals surface area contributed by atoms with Crippen molar-refractivity contribution in [3.05, 3.63) is 12.2 Å². The molecule has 1 amide bonds. The third-order valence-electron chi connectivity index (χ3n) is 3.93. The number of hydrogen-bond acceptors (Lipinski definition) is 5. The Labute approximate surface area is 126 Å². The van der Waals surface area contributed by atoms with E-state index in [0.29, 0.717) is 12.6 Å². The summed E-state index contributed by atoms with van der Waals surface area (Å²) in [6.07, 6.45) is 5.78. The van der Waals surface area contributed by atoms with E-state index in [4.69, 9.17) is 0 Å². The number of aryl methyl sites for hydroxylation is 1. The topological polar surface area (TPSA) is 77.2 Å². The fourth-order valence-electron chi connectivity index (χ4n) is 2.54. The summed E-state index contributed by atoms with van der Waals surface area (Å²) >= 11 is 0. The van der Waals surface area contributed by atoms with Crippen molar-refractivity contribution in [1.29, 1.82) is 0 Å². The Bertz CT molecular complexity index is 411.